The Labute approximate surface area is 134 Å². The molecule has 3 atom stereocenters. The summed E-state index contributed by atoms with van der Waals surface area (Å²) in [6.45, 7) is 3.27. The molecule has 19 heavy (non-hydrogen) atoms. The predicted molar refractivity (Wildman–Crippen MR) is 85.9 cm³/mol. The SMILES string of the molecule is Cl.NC1CCC2CN(Cc3ccc(Br)cc3Cl)CC12. The van der Waals surface area contributed by atoms with Crippen molar-refractivity contribution in [1.29, 1.82) is 0 Å². The first-order chi connectivity index (χ1) is 8.63. The van der Waals surface area contributed by atoms with E-state index in [2.05, 4.69) is 33.0 Å². The van der Waals surface area contributed by atoms with Crippen molar-refractivity contribution in [2.75, 3.05) is 13.1 Å². The van der Waals surface area contributed by atoms with Crippen molar-refractivity contribution in [3.8, 4) is 0 Å². The van der Waals surface area contributed by atoms with E-state index in [1.165, 1.54) is 24.9 Å². The quantitative estimate of drug-likeness (QED) is 0.865. The number of halogens is 3. The molecule has 1 heterocycles. The number of nitrogens with two attached hydrogens (primary N) is 1. The Balaban J connectivity index is 0.00000133. The van der Waals surface area contributed by atoms with E-state index < -0.39 is 0 Å². The molecule has 5 heteroatoms. The van der Waals surface area contributed by atoms with Crippen molar-refractivity contribution in [2.24, 2.45) is 17.6 Å². The van der Waals surface area contributed by atoms with Gasteiger partial charge in [-0.3, -0.25) is 4.90 Å². The number of nitrogens with zero attached hydrogens (tertiary/aromatic N) is 1. The maximum Gasteiger partial charge on any atom is 0.0462 e. The first-order valence-electron chi connectivity index (χ1n) is 6.55. The van der Waals surface area contributed by atoms with Gasteiger partial charge in [0.25, 0.3) is 0 Å². The highest BCUT2D eigenvalue weighted by Crippen LogP contribution is 2.38. The molecule has 0 bridgehead atoms. The molecule has 2 fully saturated rings. The van der Waals surface area contributed by atoms with Crippen LogP contribution in [0, 0.1) is 11.8 Å². The van der Waals surface area contributed by atoms with Crippen LogP contribution in [0.2, 0.25) is 5.02 Å². The van der Waals surface area contributed by atoms with Gasteiger partial charge < -0.3 is 5.73 Å². The molecule has 2 N–H and O–H groups in total. The highest BCUT2D eigenvalue weighted by atomic mass is 79.9. The second-order valence-electron chi connectivity index (χ2n) is 5.59. The minimum atomic E-state index is 0. The molecule has 1 saturated heterocycles. The Hall–Kier alpha value is 0.200. The van der Waals surface area contributed by atoms with Gasteiger partial charge in [0.2, 0.25) is 0 Å². The fraction of sp³-hybridized carbons (Fsp3) is 0.571. The molecule has 1 aliphatic heterocycles. The second-order valence-corrected chi connectivity index (χ2v) is 6.92. The summed E-state index contributed by atoms with van der Waals surface area (Å²) in [4.78, 5) is 2.50. The molecule has 1 aliphatic carbocycles. The van der Waals surface area contributed by atoms with Gasteiger partial charge in [-0.2, -0.15) is 0 Å². The molecule has 0 radical (unpaired) electrons. The van der Waals surface area contributed by atoms with Gasteiger partial charge in [-0.25, -0.2) is 0 Å². The van der Waals surface area contributed by atoms with Gasteiger partial charge in [0, 0.05) is 35.2 Å². The van der Waals surface area contributed by atoms with E-state index in [1.807, 2.05) is 6.07 Å². The molecular formula is C14H19BrCl2N2. The third-order valence-corrected chi connectivity index (χ3v) is 5.24. The minimum absolute atomic E-state index is 0. The van der Waals surface area contributed by atoms with Crippen LogP contribution in [0.1, 0.15) is 18.4 Å². The van der Waals surface area contributed by atoms with Gasteiger partial charge in [0.05, 0.1) is 0 Å². The van der Waals surface area contributed by atoms with Crippen LogP contribution in [0.3, 0.4) is 0 Å². The standard InChI is InChI=1S/C14H18BrClN2.ClH/c15-11-3-1-10(13(16)5-11)7-18-6-9-2-4-14(17)12(9)8-18;/h1,3,5,9,12,14H,2,4,6-8,17H2;1H. The van der Waals surface area contributed by atoms with Gasteiger partial charge in [0.1, 0.15) is 0 Å². The third-order valence-electron chi connectivity index (χ3n) is 4.40. The van der Waals surface area contributed by atoms with E-state index >= 15 is 0 Å². The largest absolute Gasteiger partial charge is 0.327 e. The summed E-state index contributed by atoms with van der Waals surface area (Å²) in [7, 11) is 0. The first kappa shape index (κ1) is 15.6. The van der Waals surface area contributed by atoms with E-state index in [0.29, 0.717) is 12.0 Å². The zero-order chi connectivity index (χ0) is 12.7. The molecule has 0 spiro atoms. The average Bonchev–Trinajstić information content (AvgIpc) is 2.86. The molecule has 2 nitrogen and oxygen atoms in total. The number of hydrogen-bond acceptors (Lipinski definition) is 2. The molecule has 1 aromatic rings. The smallest absolute Gasteiger partial charge is 0.0462 e. The Bertz CT molecular complexity index is 455. The lowest BCUT2D eigenvalue weighted by Gasteiger charge is -2.19. The lowest BCUT2D eigenvalue weighted by Crippen LogP contribution is -2.30. The lowest BCUT2D eigenvalue weighted by molar-refractivity contribution is 0.298. The van der Waals surface area contributed by atoms with Crippen molar-refractivity contribution in [3.05, 3.63) is 33.3 Å². The summed E-state index contributed by atoms with van der Waals surface area (Å²) in [5.41, 5.74) is 7.38. The van der Waals surface area contributed by atoms with Gasteiger partial charge >= 0.3 is 0 Å². The van der Waals surface area contributed by atoms with Crippen molar-refractivity contribution >= 4 is 39.9 Å². The monoisotopic (exact) mass is 364 g/mol. The molecule has 1 saturated carbocycles. The number of hydrogen-bond donors (Lipinski definition) is 1. The molecule has 2 aliphatic rings. The summed E-state index contributed by atoms with van der Waals surface area (Å²) in [6.07, 6.45) is 2.51. The highest BCUT2D eigenvalue weighted by molar-refractivity contribution is 9.10. The number of benzene rings is 1. The number of likely N-dealkylation sites (tertiary alicyclic amines) is 1. The van der Waals surface area contributed by atoms with Crippen LogP contribution in [-0.4, -0.2) is 24.0 Å². The van der Waals surface area contributed by atoms with Gasteiger partial charge in [0.15, 0.2) is 0 Å². The fourth-order valence-corrected chi connectivity index (χ4v) is 4.15. The molecule has 3 rings (SSSR count). The second kappa shape index (κ2) is 6.31. The molecule has 106 valence electrons. The summed E-state index contributed by atoms with van der Waals surface area (Å²) < 4.78 is 1.04. The lowest BCUT2D eigenvalue weighted by atomic mass is 9.98. The Morgan fingerprint density at radius 3 is 2.79 bits per heavy atom. The normalized spacial score (nSPS) is 30.2. The first-order valence-corrected chi connectivity index (χ1v) is 7.72. The van der Waals surface area contributed by atoms with E-state index in [4.69, 9.17) is 17.3 Å². The molecule has 0 aromatic heterocycles. The Morgan fingerprint density at radius 1 is 1.32 bits per heavy atom. The van der Waals surface area contributed by atoms with Gasteiger partial charge in [-0.15, -0.1) is 12.4 Å². The summed E-state index contributed by atoms with van der Waals surface area (Å²) >= 11 is 9.72. The maximum atomic E-state index is 6.28. The van der Waals surface area contributed by atoms with Crippen molar-refractivity contribution < 1.29 is 0 Å². The van der Waals surface area contributed by atoms with Crippen LogP contribution in [0.25, 0.3) is 0 Å². The third kappa shape index (κ3) is 3.27. The van der Waals surface area contributed by atoms with Crippen LogP contribution >= 0.6 is 39.9 Å². The molecule has 1 aromatic carbocycles. The highest BCUT2D eigenvalue weighted by Gasteiger charge is 2.40. The summed E-state index contributed by atoms with van der Waals surface area (Å²) in [5, 5.41) is 0.853. The Kier molecular flexibility index (Phi) is 5.18. The summed E-state index contributed by atoms with van der Waals surface area (Å²) in [6, 6.07) is 6.56. The topological polar surface area (TPSA) is 29.3 Å². The van der Waals surface area contributed by atoms with Crippen LogP contribution < -0.4 is 5.73 Å². The van der Waals surface area contributed by atoms with E-state index in [1.54, 1.807) is 0 Å². The number of fused-ring (bicyclic) bond motifs is 1. The van der Waals surface area contributed by atoms with E-state index in [9.17, 15) is 0 Å². The average molecular weight is 366 g/mol. The van der Waals surface area contributed by atoms with Crippen molar-refractivity contribution in [3.63, 3.8) is 0 Å². The zero-order valence-electron chi connectivity index (χ0n) is 10.7. The fourth-order valence-electron chi connectivity index (χ4n) is 3.42. The van der Waals surface area contributed by atoms with Crippen molar-refractivity contribution in [2.45, 2.75) is 25.4 Å². The number of rotatable bonds is 2. The van der Waals surface area contributed by atoms with Crippen LogP contribution in [0.15, 0.2) is 22.7 Å². The zero-order valence-corrected chi connectivity index (χ0v) is 13.8. The minimum Gasteiger partial charge on any atom is -0.327 e. The van der Waals surface area contributed by atoms with Crippen LogP contribution in [0.5, 0.6) is 0 Å². The van der Waals surface area contributed by atoms with Crippen molar-refractivity contribution in [1.82, 2.24) is 4.90 Å². The Morgan fingerprint density at radius 2 is 2.11 bits per heavy atom. The van der Waals surface area contributed by atoms with Crippen LogP contribution in [0.4, 0.5) is 0 Å². The summed E-state index contributed by atoms with van der Waals surface area (Å²) in [5.74, 6) is 1.52. The molecule has 3 unspecified atom stereocenters. The van der Waals surface area contributed by atoms with Gasteiger partial charge in [-0.1, -0.05) is 33.6 Å². The van der Waals surface area contributed by atoms with E-state index in [-0.39, 0.29) is 12.4 Å². The maximum absolute atomic E-state index is 6.28. The molecular weight excluding hydrogens is 347 g/mol. The molecule has 0 amide bonds. The van der Waals surface area contributed by atoms with E-state index in [0.717, 1.165) is 28.5 Å². The van der Waals surface area contributed by atoms with Gasteiger partial charge in [-0.05, 0) is 42.4 Å². The van der Waals surface area contributed by atoms with Crippen LogP contribution in [-0.2, 0) is 6.54 Å². The predicted octanol–water partition coefficient (Wildman–Crippen LogP) is 3.69.